The molecule has 0 bridgehead atoms. The topological polar surface area (TPSA) is 59.4 Å². The predicted molar refractivity (Wildman–Crippen MR) is 77.6 cm³/mol. The SMILES string of the molecule is COc1ccc(CC(=O)O)nc1-c1cccc(Cl)c1Cl. The number of methoxy groups -OCH3 is 1. The molecule has 6 heteroatoms. The number of hydrogen-bond donors (Lipinski definition) is 1. The molecule has 4 nitrogen and oxygen atoms in total. The van der Waals surface area contributed by atoms with Gasteiger partial charge >= 0.3 is 5.97 Å². The van der Waals surface area contributed by atoms with Gasteiger partial charge in [0.15, 0.2) is 0 Å². The molecule has 0 saturated heterocycles. The largest absolute Gasteiger partial charge is 0.494 e. The van der Waals surface area contributed by atoms with E-state index in [9.17, 15) is 4.79 Å². The Bertz CT molecular complexity index is 659. The standard InChI is InChI=1S/C14H11Cl2NO3/c1-20-11-6-5-8(7-12(18)19)17-14(11)9-3-2-4-10(15)13(9)16/h2-6H,7H2,1H3,(H,18,19). The van der Waals surface area contributed by atoms with E-state index in [-0.39, 0.29) is 6.42 Å². The second kappa shape index (κ2) is 6.11. The number of carboxylic acids is 1. The van der Waals surface area contributed by atoms with Crippen molar-refractivity contribution in [2.75, 3.05) is 7.11 Å². The summed E-state index contributed by atoms with van der Waals surface area (Å²) in [6.45, 7) is 0. The Morgan fingerprint density at radius 1 is 1.30 bits per heavy atom. The number of ether oxygens (including phenoxy) is 1. The van der Waals surface area contributed by atoms with Crippen molar-refractivity contribution in [3.63, 3.8) is 0 Å². The first-order chi connectivity index (χ1) is 9.52. The van der Waals surface area contributed by atoms with E-state index in [2.05, 4.69) is 4.98 Å². The molecule has 0 saturated carbocycles. The molecule has 1 aromatic heterocycles. The van der Waals surface area contributed by atoms with Crippen LogP contribution in [0.15, 0.2) is 30.3 Å². The van der Waals surface area contributed by atoms with Crippen molar-refractivity contribution < 1.29 is 14.6 Å². The summed E-state index contributed by atoms with van der Waals surface area (Å²) in [5.74, 6) is -0.450. The van der Waals surface area contributed by atoms with Crippen LogP contribution in [0.25, 0.3) is 11.3 Å². The van der Waals surface area contributed by atoms with Gasteiger partial charge in [-0.2, -0.15) is 0 Å². The molecule has 2 aromatic rings. The van der Waals surface area contributed by atoms with Gasteiger partial charge in [-0.3, -0.25) is 4.79 Å². The lowest BCUT2D eigenvalue weighted by Gasteiger charge is -2.11. The van der Waals surface area contributed by atoms with Crippen molar-refractivity contribution in [3.8, 4) is 17.0 Å². The number of aliphatic carboxylic acids is 1. The highest BCUT2D eigenvalue weighted by molar-refractivity contribution is 6.43. The lowest BCUT2D eigenvalue weighted by Crippen LogP contribution is -2.04. The average molecular weight is 312 g/mol. The van der Waals surface area contributed by atoms with Crippen molar-refractivity contribution in [1.29, 1.82) is 0 Å². The fourth-order valence-electron chi connectivity index (χ4n) is 1.78. The number of carboxylic acid groups (broad SMARTS) is 1. The molecular formula is C14H11Cl2NO3. The molecule has 0 aliphatic carbocycles. The van der Waals surface area contributed by atoms with Gasteiger partial charge in [0.25, 0.3) is 0 Å². The maximum atomic E-state index is 10.8. The molecule has 1 aromatic carbocycles. The van der Waals surface area contributed by atoms with Gasteiger partial charge in [-0.1, -0.05) is 35.3 Å². The lowest BCUT2D eigenvalue weighted by atomic mass is 10.1. The van der Waals surface area contributed by atoms with Crippen LogP contribution >= 0.6 is 23.2 Å². The summed E-state index contributed by atoms with van der Waals surface area (Å²) in [6.07, 6.45) is -0.171. The van der Waals surface area contributed by atoms with E-state index in [1.54, 1.807) is 30.3 Å². The molecule has 0 aliphatic rings. The normalized spacial score (nSPS) is 10.3. The monoisotopic (exact) mass is 311 g/mol. The molecule has 0 amide bonds. The van der Waals surface area contributed by atoms with E-state index >= 15 is 0 Å². The Morgan fingerprint density at radius 3 is 2.70 bits per heavy atom. The second-order valence-corrected chi connectivity index (χ2v) is 4.81. The van der Waals surface area contributed by atoms with Crippen LogP contribution < -0.4 is 4.74 Å². The van der Waals surface area contributed by atoms with Gasteiger partial charge in [0.05, 0.1) is 29.3 Å². The Hall–Kier alpha value is -1.78. The minimum atomic E-state index is -0.953. The molecule has 0 fully saturated rings. The number of hydrogen-bond acceptors (Lipinski definition) is 3. The predicted octanol–water partition coefficient (Wildman–Crippen LogP) is 3.69. The van der Waals surface area contributed by atoms with Crippen LogP contribution in [0.4, 0.5) is 0 Å². The second-order valence-electron chi connectivity index (χ2n) is 4.03. The summed E-state index contributed by atoms with van der Waals surface area (Å²) in [4.78, 5) is 15.1. The van der Waals surface area contributed by atoms with Crippen LogP contribution in [-0.2, 0) is 11.2 Å². The van der Waals surface area contributed by atoms with E-state index < -0.39 is 5.97 Å². The smallest absolute Gasteiger partial charge is 0.309 e. The summed E-state index contributed by atoms with van der Waals surface area (Å²) in [7, 11) is 1.51. The minimum absolute atomic E-state index is 0.171. The highest BCUT2D eigenvalue weighted by Crippen LogP contribution is 2.37. The van der Waals surface area contributed by atoms with E-state index in [0.717, 1.165) is 0 Å². The maximum Gasteiger partial charge on any atom is 0.309 e. The summed E-state index contributed by atoms with van der Waals surface area (Å²) < 4.78 is 5.24. The number of aromatic nitrogens is 1. The summed E-state index contributed by atoms with van der Waals surface area (Å²) >= 11 is 12.2. The van der Waals surface area contributed by atoms with Crippen molar-refractivity contribution in [3.05, 3.63) is 46.1 Å². The summed E-state index contributed by atoms with van der Waals surface area (Å²) in [5, 5.41) is 9.59. The molecule has 1 heterocycles. The van der Waals surface area contributed by atoms with Crippen molar-refractivity contribution in [1.82, 2.24) is 4.98 Å². The third kappa shape index (κ3) is 3.03. The molecule has 0 atom stereocenters. The van der Waals surface area contributed by atoms with Crippen LogP contribution in [0, 0.1) is 0 Å². The Balaban J connectivity index is 2.58. The van der Waals surface area contributed by atoms with Gasteiger partial charge in [-0.25, -0.2) is 4.98 Å². The van der Waals surface area contributed by atoms with Gasteiger partial charge in [0, 0.05) is 5.56 Å². The quantitative estimate of drug-likeness (QED) is 0.935. The number of halogens is 2. The number of benzene rings is 1. The molecular weight excluding hydrogens is 301 g/mol. The van der Waals surface area contributed by atoms with Gasteiger partial charge in [0.2, 0.25) is 0 Å². The Labute approximate surface area is 125 Å². The van der Waals surface area contributed by atoms with Gasteiger partial charge in [-0.15, -0.1) is 0 Å². The number of nitrogens with zero attached hydrogens (tertiary/aromatic N) is 1. The molecule has 2 rings (SSSR count). The van der Waals surface area contributed by atoms with Gasteiger partial charge < -0.3 is 9.84 Å². The summed E-state index contributed by atoms with van der Waals surface area (Å²) in [5.41, 5.74) is 1.49. The van der Waals surface area contributed by atoms with Gasteiger partial charge in [-0.05, 0) is 18.2 Å². The zero-order valence-corrected chi connectivity index (χ0v) is 12.1. The lowest BCUT2D eigenvalue weighted by molar-refractivity contribution is -0.136. The Kier molecular flexibility index (Phi) is 4.47. The first kappa shape index (κ1) is 14.6. The molecule has 1 N–H and O–H groups in total. The fourth-order valence-corrected chi connectivity index (χ4v) is 2.17. The molecule has 20 heavy (non-hydrogen) atoms. The first-order valence-corrected chi connectivity index (χ1v) is 6.48. The highest BCUT2D eigenvalue weighted by Gasteiger charge is 2.15. The molecule has 0 radical (unpaired) electrons. The highest BCUT2D eigenvalue weighted by atomic mass is 35.5. The maximum absolute atomic E-state index is 10.8. The van der Waals surface area contributed by atoms with E-state index in [1.165, 1.54) is 7.11 Å². The summed E-state index contributed by atoms with van der Waals surface area (Å²) in [6, 6.07) is 8.44. The van der Waals surface area contributed by atoms with E-state index in [1.807, 2.05) is 0 Å². The third-order valence-electron chi connectivity index (χ3n) is 2.67. The zero-order chi connectivity index (χ0) is 14.7. The molecule has 104 valence electrons. The van der Waals surface area contributed by atoms with Crippen molar-refractivity contribution >= 4 is 29.2 Å². The number of pyridine rings is 1. The molecule has 0 unspecified atom stereocenters. The third-order valence-corrected chi connectivity index (χ3v) is 3.49. The number of rotatable bonds is 4. The zero-order valence-electron chi connectivity index (χ0n) is 10.6. The van der Waals surface area contributed by atoms with Crippen molar-refractivity contribution in [2.24, 2.45) is 0 Å². The van der Waals surface area contributed by atoms with Crippen LogP contribution in [0.2, 0.25) is 10.0 Å². The minimum Gasteiger partial charge on any atom is -0.494 e. The fraction of sp³-hybridized carbons (Fsp3) is 0.143. The molecule has 0 spiro atoms. The molecule has 0 aliphatic heterocycles. The van der Waals surface area contributed by atoms with Gasteiger partial charge in [0.1, 0.15) is 11.4 Å². The van der Waals surface area contributed by atoms with Crippen LogP contribution in [-0.4, -0.2) is 23.2 Å². The average Bonchev–Trinajstić information content (AvgIpc) is 2.41. The van der Waals surface area contributed by atoms with E-state index in [0.29, 0.717) is 32.7 Å². The van der Waals surface area contributed by atoms with Crippen LogP contribution in [0.5, 0.6) is 5.75 Å². The van der Waals surface area contributed by atoms with Crippen LogP contribution in [0.1, 0.15) is 5.69 Å². The van der Waals surface area contributed by atoms with E-state index in [4.69, 9.17) is 33.0 Å². The van der Waals surface area contributed by atoms with Crippen molar-refractivity contribution in [2.45, 2.75) is 6.42 Å². The number of carbonyl (C=O) groups is 1. The first-order valence-electron chi connectivity index (χ1n) is 5.73. The van der Waals surface area contributed by atoms with Crippen LogP contribution in [0.3, 0.4) is 0 Å². The Morgan fingerprint density at radius 2 is 2.05 bits per heavy atom.